The maximum absolute atomic E-state index is 6.04. The quantitative estimate of drug-likeness (QED) is 0.836. The van der Waals surface area contributed by atoms with Gasteiger partial charge in [-0.15, -0.1) is 0 Å². The minimum absolute atomic E-state index is 0.579. The third-order valence-corrected chi connectivity index (χ3v) is 4.30. The van der Waals surface area contributed by atoms with Crippen molar-refractivity contribution in [2.75, 3.05) is 19.7 Å². The third kappa shape index (κ3) is 4.24. The Bertz CT molecular complexity index is 371. The molecule has 2 rings (SSSR count). The highest BCUT2D eigenvalue weighted by Crippen LogP contribution is 2.28. The van der Waals surface area contributed by atoms with Gasteiger partial charge in [-0.25, -0.2) is 0 Å². The molecule has 0 aliphatic carbocycles. The van der Waals surface area contributed by atoms with Gasteiger partial charge in [0, 0.05) is 0 Å². The number of nitrogens with one attached hydrogen (secondary N) is 1. The van der Waals surface area contributed by atoms with Crippen molar-refractivity contribution in [3.8, 4) is 5.75 Å². The van der Waals surface area contributed by atoms with Gasteiger partial charge in [0.15, 0.2) is 0 Å². The van der Waals surface area contributed by atoms with Crippen LogP contribution in [-0.2, 0) is 0 Å². The number of benzene rings is 1. The van der Waals surface area contributed by atoms with E-state index >= 15 is 0 Å². The number of para-hydroxylation sites is 1. The zero-order valence-corrected chi connectivity index (χ0v) is 12.3. The van der Waals surface area contributed by atoms with Crippen LogP contribution in [0.25, 0.3) is 0 Å². The second-order valence-corrected chi connectivity index (χ2v) is 5.68. The molecule has 1 fully saturated rings. The normalized spacial score (nSPS) is 18.2. The molecule has 0 radical (unpaired) electrons. The van der Waals surface area contributed by atoms with Gasteiger partial charge < -0.3 is 10.1 Å². The van der Waals surface area contributed by atoms with E-state index in [1.165, 1.54) is 37.9 Å². The average molecular weight is 261 g/mol. The van der Waals surface area contributed by atoms with Crippen LogP contribution in [0.3, 0.4) is 0 Å². The van der Waals surface area contributed by atoms with Gasteiger partial charge in [-0.3, -0.25) is 0 Å². The van der Waals surface area contributed by atoms with E-state index < -0.39 is 0 Å². The van der Waals surface area contributed by atoms with E-state index in [1.54, 1.807) is 0 Å². The molecule has 2 nitrogen and oxygen atoms in total. The molecule has 1 saturated heterocycles. The maximum atomic E-state index is 6.04. The molecule has 1 heterocycles. The van der Waals surface area contributed by atoms with Crippen LogP contribution in [0.15, 0.2) is 24.3 Å². The monoisotopic (exact) mass is 261 g/mol. The minimum atomic E-state index is 0.579. The number of piperidine rings is 1. The molecule has 19 heavy (non-hydrogen) atoms. The lowest BCUT2D eigenvalue weighted by atomic mass is 9.95. The lowest BCUT2D eigenvalue weighted by Crippen LogP contribution is -2.28. The van der Waals surface area contributed by atoms with Crippen molar-refractivity contribution in [3.05, 3.63) is 29.8 Å². The first-order chi connectivity index (χ1) is 9.31. The van der Waals surface area contributed by atoms with Crippen molar-refractivity contribution >= 4 is 0 Å². The second-order valence-electron chi connectivity index (χ2n) is 5.68. The zero-order chi connectivity index (χ0) is 13.5. The molecule has 106 valence electrons. The fourth-order valence-corrected chi connectivity index (χ4v) is 2.74. The molecule has 0 saturated carbocycles. The van der Waals surface area contributed by atoms with Crippen LogP contribution in [0, 0.1) is 5.92 Å². The number of ether oxygens (including phenoxy) is 1. The highest BCUT2D eigenvalue weighted by molar-refractivity contribution is 5.35. The number of hydrogen-bond donors (Lipinski definition) is 1. The first kappa shape index (κ1) is 14.4. The maximum Gasteiger partial charge on any atom is 0.122 e. The largest absolute Gasteiger partial charge is 0.493 e. The van der Waals surface area contributed by atoms with Crippen molar-refractivity contribution in [2.24, 2.45) is 5.92 Å². The molecule has 1 unspecified atom stereocenters. The fourth-order valence-electron chi connectivity index (χ4n) is 2.74. The Labute approximate surface area is 117 Å². The summed E-state index contributed by atoms with van der Waals surface area (Å²) in [6.45, 7) is 7.71. The minimum Gasteiger partial charge on any atom is -0.493 e. The zero-order valence-electron chi connectivity index (χ0n) is 12.3. The molecule has 0 bridgehead atoms. The van der Waals surface area contributed by atoms with E-state index in [2.05, 4.69) is 43.4 Å². The number of rotatable bonds is 6. The van der Waals surface area contributed by atoms with Gasteiger partial charge in [0.1, 0.15) is 5.75 Å². The summed E-state index contributed by atoms with van der Waals surface area (Å²) >= 11 is 0. The van der Waals surface area contributed by atoms with E-state index in [4.69, 9.17) is 4.74 Å². The summed E-state index contributed by atoms with van der Waals surface area (Å²) in [5.41, 5.74) is 1.36. The van der Waals surface area contributed by atoms with Crippen molar-refractivity contribution in [3.63, 3.8) is 0 Å². The van der Waals surface area contributed by atoms with Gasteiger partial charge in [-0.05, 0) is 62.2 Å². The SMILES string of the molecule is CCC(C)c1ccccc1OCCC1CCNCC1. The van der Waals surface area contributed by atoms with Crippen LogP contribution in [0.5, 0.6) is 5.75 Å². The van der Waals surface area contributed by atoms with Crippen LogP contribution in [0.1, 0.15) is 51.0 Å². The molecular formula is C17H27NO. The van der Waals surface area contributed by atoms with Gasteiger partial charge in [0.05, 0.1) is 6.61 Å². The highest BCUT2D eigenvalue weighted by atomic mass is 16.5. The molecule has 2 heteroatoms. The van der Waals surface area contributed by atoms with E-state index in [-0.39, 0.29) is 0 Å². The van der Waals surface area contributed by atoms with Gasteiger partial charge in [-0.2, -0.15) is 0 Å². The molecule has 1 N–H and O–H groups in total. The topological polar surface area (TPSA) is 21.3 Å². The first-order valence-electron chi connectivity index (χ1n) is 7.73. The van der Waals surface area contributed by atoms with Crippen molar-refractivity contribution in [1.29, 1.82) is 0 Å². The summed E-state index contributed by atoms with van der Waals surface area (Å²) in [5.74, 6) is 2.51. The van der Waals surface area contributed by atoms with Crippen molar-refractivity contribution < 1.29 is 4.74 Å². The summed E-state index contributed by atoms with van der Waals surface area (Å²) in [6, 6.07) is 8.50. The smallest absolute Gasteiger partial charge is 0.122 e. The predicted octanol–water partition coefficient (Wildman–Crippen LogP) is 3.97. The number of hydrogen-bond acceptors (Lipinski definition) is 2. The summed E-state index contributed by atoms with van der Waals surface area (Å²) < 4.78 is 6.04. The molecule has 1 aromatic carbocycles. The molecular weight excluding hydrogens is 234 g/mol. The Hall–Kier alpha value is -1.02. The van der Waals surface area contributed by atoms with Crippen LogP contribution >= 0.6 is 0 Å². The van der Waals surface area contributed by atoms with Gasteiger partial charge in [0.25, 0.3) is 0 Å². The van der Waals surface area contributed by atoms with Crippen LogP contribution in [-0.4, -0.2) is 19.7 Å². The molecule has 1 atom stereocenters. The van der Waals surface area contributed by atoms with E-state index in [9.17, 15) is 0 Å². The average Bonchev–Trinajstić information content (AvgIpc) is 2.48. The highest BCUT2D eigenvalue weighted by Gasteiger charge is 2.14. The molecule has 1 aliphatic heterocycles. The molecule has 0 aromatic heterocycles. The Balaban J connectivity index is 1.84. The Kier molecular flexibility index (Phi) is 5.71. The van der Waals surface area contributed by atoms with E-state index in [1.807, 2.05) is 0 Å². The lowest BCUT2D eigenvalue weighted by molar-refractivity contribution is 0.249. The van der Waals surface area contributed by atoms with Crippen molar-refractivity contribution in [2.45, 2.75) is 45.4 Å². The third-order valence-electron chi connectivity index (χ3n) is 4.30. The second kappa shape index (κ2) is 7.54. The first-order valence-corrected chi connectivity index (χ1v) is 7.73. The predicted molar refractivity (Wildman–Crippen MR) is 80.9 cm³/mol. The standard InChI is InChI=1S/C17H27NO/c1-3-14(2)16-6-4-5-7-17(16)19-13-10-15-8-11-18-12-9-15/h4-7,14-15,18H,3,8-13H2,1-2H3. The molecule has 1 aromatic rings. The summed E-state index contributed by atoms with van der Waals surface area (Å²) in [4.78, 5) is 0. The van der Waals surface area contributed by atoms with Crippen molar-refractivity contribution in [1.82, 2.24) is 5.32 Å². The van der Waals surface area contributed by atoms with E-state index in [0.29, 0.717) is 5.92 Å². The van der Waals surface area contributed by atoms with E-state index in [0.717, 1.165) is 24.7 Å². The van der Waals surface area contributed by atoms with Gasteiger partial charge in [0.2, 0.25) is 0 Å². The Morgan fingerprint density at radius 2 is 2.00 bits per heavy atom. The van der Waals surface area contributed by atoms with Gasteiger partial charge >= 0.3 is 0 Å². The Morgan fingerprint density at radius 1 is 1.26 bits per heavy atom. The molecule has 1 aliphatic rings. The summed E-state index contributed by atoms with van der Waals surface area (Å²) in [7, 11) is 0. The molecule has 0 spiro atoms. The summed E-state index contributed by atoms with van der Waals surface area (Å²) in [5, 5.41) is 3.41. The van der Waals surface area contributed by atoms with Crippen LogP contribution in [0.4, 0.5) is 0 Å². The van der Waals surface area contributed by atoms with Crippen LogP contribution in [0.2, 0.25) is 0 Å². The molecule has 0 amide bonds. The van der Waals surface area contributed by atoms with Crippen LogP contribution < -0.4 is 10.1 Å². The van der Waals surface area contributed by atoms with Gasteiger partial charge in [-0.1, -0.05) is 32.0 Å². The lowest BCUT2D eigenvalue weighted by Gasteiger charge is -2.23. The fraction of sp³-hybridized carbons (Fsp3) is 0.647. The Morgan fingerprint density at radius 3 is 2.74 bits per heavy atom. The summed E-state index contributed by atoms with van der Waals surface area (Å²) in [6.07, 6.45) is 4.96.